The Kier molecular flexibility index (Phi) is 3.29. The standard InChI is InChI=1S/C12H13BrN2O/c1-8-14-10(12(13)15-8)7-9-5-3-4-6-11(9)16-2/h3-6H,7H2,1-2H3,(H,14,15). The van der Waals surface area contributed by atoms with Gasteiger partial charge in [0, 0.05) is 12.0 Å². The largest absolute Gasteiger partial charge is 0.496 e. The second kappa shape index (κ2) is 4.70. The quantitative estimate of drug-likeness (QED) is 0.938. The fraction of sp³-hybridized carbons (Fsp3) is 0.250. The molecule has 4 heteroatoms. The monoisotopic (exact) mass is 280 g/mol. The fourth-order valence-electron chi connectivity index (χ4n) is 1.67. The highest BCUT2D eigenvalue weighted by Gasteiger charge is 2.09. The molecule has 0 aliphatic rings. The lowest BCUT2D eigenvalue weighted by atomic mass is 10.1. The molecule has 0 saturated carbocycles. The molecule has 0 atom stereocenters. The Morgan fingerprint density at radius 2 is 2.12 bits per heavy atom. The lowest BCUT2D eigenvalue weighted by molar-refractivity contribution is 0.410. The molecule has 1 aromatic heterocycles. The van der Waals surface area contributed by atoms with Crippen LogP contribution in [0.3, 0.4) is 0 Å². The molecular formula is C12H13BrN2O. The Morgan fingerprint density at radius 1 is 1.38 bits per heavy atom. The number of hydrogen-bond acceptors (Lipinski definition) is 2. The van der Waals surface area contributed by atoms with Gasteiger partial charge in [0.05, 0.1) is 12.8 Å². The molecule has 0 bridgehead atoms. The van der Waals surface area contributed by atoms with Gasteiger partial charge in [-0.15, -0.1) is 0 Å². The topological polar surface area (TPSA) is 37.9 Å². The maximum Gasteiger partial charge on any atom is 0.127 e. The Bertz CT molecular complexity index is 494. The number of hydrogen-bond donors (Lipinski definition) is 1. The van der Waals surface area contributed by atoms with Crippen molar-refractivity contribution < 1.29 is 4.74 Å². The van der Waals surface area contributed by atoms with Gasteiger partial charge in [-0.2, -0.15) is 0 Å². The van der Waals surface area contributed by atoms with Gasteiger partial charge in [-0.3, -0.25) is 0 Å². The van der Waals surface area contributed by atoms with Crippen molar-refractivity contribution >= 4 is 15.9 Å². The molecule has 0 saturated heterocycles. The van der Waals surface area contributed by atoms with E-state index in [2.05, 4.69) is 32.0 Å². The van der Waals surface area contributed by atoms with Gasteiger partial charge in [-0.25, -0.2) is 4.98 Å². The molecular weight excluding hydrogens is 268 g/mol. The fourth-order valence-corrected chi connectivity index (χ4v) is 2.17. The van der Waals surface area contributed by atoms with E-state index in [1.54, 1.807) is 7.11 Å². The minimum atomic E-state index is 0.783. The second-order valence-corrected chi connectivity index (χ2v) is 4.33. The predicted molar refractivity (Wildman–Crippen MR) is 66.8 cm³/mol. The normalized spacial score (nSPS) is 10.4. The number of halogens is 1. The summed E-state index contributed by atoms with van der Waals surface area (Å²) in [6.07, 6.45) is 0.783. The first kappa shape index (κ1) is 11.2. The summed E-state index contributed by atoms with van der Waals surface area (Å²) >= 11 is 3.44. The van der Waals surface area contributed by atoms with Gasteiger partial charge in [-0.05, 0) is 28.9 Å². The Morgan fingerprint density at radius 3 is 2.75 bits per heavy atom. The number of H-pyrrole nitrogens is 1. The number of aryl methyl sites for hydroxylation is 1. The van der Waals surface area contributed by atoms with Crippen molar-refractivity contribution in [2.24, 2.45) is 0 Å². The number of nitrogens with zero attached hydrogens (tertiary/aromatic N) is 1. The average Bonchev–Trinajstić information content (AvgIpc) is 2.58. The lowest BCUT2D eigenvalue weighted by Crippen LogP contribution is -1.94. The first-order chi connectivity index (χ1) is 7.70. The molecule has 2 aromatic rings. The van der Waals surface area contributed by atoms with Crippen molar-refractivity contribution in [1.82, 2.24) is 9.97 Å². The average molecular weight is 281 g/mol. The van der Waals surface area contributed by atoms with E-state index in [1.165, 1.54) is 0 Å². The van der Waals surface area contributed by atoms with Crippen molar-refractivity contribution in [3.8, 4) is 5.75 Å². The number of ether oxygens (including phenoxy) is 1. The summed E-state index contributed by atoms with van der Waals surface area (Å²) in [7, 11) is 1.69. The van der Waals surface area contributed by atoms with E-state index in [0.717, 1.165) is 33.9 Å². The van der Waals surface area contributed by atoms with E-state index >= 15 is 0 Å². The first-order valence-electron chi connectivity index (χ1n) is 5.03. The molecule has 0 aliphatic carbocycles. The molecule has 84 valence electrons. The molecule has 0 unspecified atom stereocenters. The molecule has 0 aliphatic heterocycles. The van der Waals surface area contributed by atoms with Crippen molar-refractivity contribution in [1.29, 1.82) is 0 Å². The molecule has 0 fully saturated rings. The zero-order valence-electron chi connectivity index (χ0n) is 9.25. The molecule has 0 amide bonds. The number of rotatable bonds is 3. The van der Waals surface area contributed by atoms with E-state index < -0.39 is 0 Å². The summed E-state index contributed by atoms with van der Waals surface area (Å²) in [5.74, 6) is 1.82. The summed E-state index contributed by atoms with van der Waals surface area (Å²) < 4.78 is 6.19. The maximum absolute atomic E-state index is 5.31. The van der Waals surface area contributed by atoms with E-state index in [0.29, 0.717) is 0 Å². The smallest absolute Gasteiger partial charge is 0.127 e. The molecule has 16 heavy (non-hydrogen) atoms. The number of benzene rings is 1. The van der Waals surface area contributed by atoms with Crippen LogP contribution in [0, 0.1) is 6.92 Å². The van der Waals surface area contributed by atoms with Crippen LogP contribution in [0.5, 0.6) is 5.75 Å². The van der Waals surface area contributed by atoms with Gasteiger partial charge in [0.15, 0.2) is 0 Å². The summed E-state index contributed by atoms with van der Waals surface area (Å²) in [4.78, 5) is 7.51. The van der Waals surface area contributed by atoms with Crippen LogP contribution < -0.4 is 4.74 Å². The minimum Gasteiger partial charge on any atom is -0.496 e. The third kappa shape index (κ3) is 2.27. The van der Waals surface area contributed by atoms with Crippen LogP contribution in [-0.4, -0.2) is 17.1 Å². The van der Waals surface area contributed by atoms with Gasteiger partial charge in [0.25, 0.3) is 0 Å². The van der Waals surface area contributed by atoms with Crippen LogP contribution in [-0.2, 0) is 6.42 Å². The summed E-state index contributed by atoms with van der Waals surface area (Å²) in [5, 5.41) is 0. The number of para-hydroxylation sites is 1. The van der Waals surface area contributed by atoms with Crippen molar-refractivity contribution in [3.05, 3.63) is 46.0 Å². The SMILES string of the molecule is COc1ccccc1Cc1[nH]c(C)nc1Br. The van der Waals surface area contributed by atoms with Gasteiger partial charge in [-0.1, -0.05) is 18.2 Å². The highest BCUT2D eigenvalue weighted by molar-refractivity contribution is 9.10. The molecule has 1 aromatic carbocycles. The van der Waals surface area contributed by atoms with Crippen LogP contribution >= 0.6 is 15.9 Å². The molecule has 1 heterocycles. The van der Waals surface area contributed by atoms with Gasteiger partial charge in [0.1, 0.15) is 16.2 Å². The Balaban J connectivity index is 2.30. The summed E-state index contributed by atoms with van der Waals surface area (Å²) in [6.45, 7) is 1.94. The van der Waals surface area contributed by atoms with E-state index in [9.17, 15) is 0 Å². The molecule has 0 spiro atoms. The van der Waals surface area contributed by atoms with Gasteiger partial charge in [0.2, 0.25) is 0 Å². The zero-order chi connectivity index (χ0) is 11.5. The predicted octanol–water partition coefficient (Wildman–Crippen LogP) is 3.08. The van der Waals surface area contributed by atoms with E-state index in [-0.39, 0.29) is 0 Å². The molecule has 1 N–H and O–H groups in total. The van der Waals surface area contributed by atoms with Gasteiger partial charge < -0.3 is 9.72 Å². The third-order valence-electron chi connectivity index (χ3n) is 2.41. The summed E-state index contributed by atoms with van der Waals surface area (Å²) in [6, 6.07) is 8.00. The van der Waals surface area contributed by atoms with E-state index in [4.69, 9.17) is 4.74 Å². The van der Waals surface area contributed by atoms with Crippen LogP contribution in [0.25, 0.3) is 0 Å². The van der Waals surface area contributed by atoms with Crippen LogP contribution in [0.4, 0.5) is 0 Å². The van der Waals surface area contributed by atoms with Crippen molar-refractivity contribution in [3.63, 3.8) is 0 Å². The first-order valence-corrected chi connectivity index (χ1v) is 5.83. The van der Waals surface area contributed by atoms with Crippen LogP contribution in [0.15, 0.2) is 28.9 Å². The third-order valence-corrected chi connectivity index (χ3v) is 3.06. The highest BCUT2D eigenvalue weighted by atomic mass is 79.9. The number of aromatic nitrogens is 2. The number of aromatic amines is 1. The second-order valence-electron chi connectivity index (χ2n) is 3.58. The number of imidazole rings is 1. The molecule has 3 nitrogen and oxygen atoms in total. The Hall–Kier alpha value is -1.29. The highest BCUT2D eigenvalue weighted by Crippen LogP contribution is 2.23. The summed E-state index contributed by atoms with van der Waals surface area (Å²) in [5.41, 5.74) is 2.22. The molecule has 2 rings (SSSR count). The van der Waals surface area contributed by atoms with Crippen LogP contribution in [0.1, 0.15) is 17.1 Å². The van der Waals surface area contributed by atoms with Gasteiger partial charge >= 0.3 is 0 Å². The van der Waals surface area contributed by atoms with Crippen LogP contribution in [0.2, 0.25) is 0 Å². The zero-order valence-corrected chi connectivity index (χ0v) is 10.8. The van der Waals surface area contributed by atoms with Crippen molar-refractivity contribution in [2.75, 3.05) is 7.11 Å². The Labute approximate surface area is 103 Å². The maximum atomic E-state index is 5.31. The number of methoxy groups -OCH3 is 1. The number of nitrogens with one attached hydrogen (secondary N) is 1. The van der Waals surface area contributed by atoms with E-state index in [1.807, 2.05) is 25.1 Å². The minimum absolute atomic E-state index is 0.783. The molecule has 0 radical (unpaired) electrons. The van der Waals surface area contributed by atoms with Crippen molar-refractivity contribution in [2.45, 2.75) is 13.3 Å². The lowest BCUT2D eigenvalue weighted by Gasteiger charge is -2.06.